The first-order valence-corrected chi connectivity index (χ1v) is 9.94. The molecule has 1 aromatic carbocycles. The van der Waals surface area contributed by atoms with E-state index in [-0.39, 0.29) is 18.2 Å². The van der Waals surface area contributed by atoms with Crippen molar-refractivity contribution in [2.45, 2.75) is 19.1 Å². The number of nitrogens with zero attached hydrogens (tertiary/aromatic N) is 3. The molecule has 2 aliphatic rings. The maximum Gasteiger partial charge on any atom is 0.317 e. The Hall–Kier alpha value is -1.89. The Kier molecular flexibility index (Phi) is 7.26. The minimum Gasteiger partial charge on any atom is -0.378 e. The Morgan fingerprint density at radius 2 is 1.89 bits per heavy atom. The summed E-state index contributed by atoms with van der Waals surface area (Å²) < 4.78 is 5.55. The molecule has 1 aromatic rings. The van der Waals surface area contributed by atoms with Crippen LogP contribution >= 0.6 is 0 Å². The van der Waals surface area contributed by atoms with Crippen molar-refractivity contribution in [1.29, 1.82) is 0 Å². The van der Waals surface area contributed by atoms with Gasteiger partial charge in [-0.2, -0.15) is 0 Å². The highest BCUT2D eigenvalue weighted by atomic mass is 16.5. The van der Waals surface area contributed by atoms with E-state index in [0.717, 1.165) is 52.4 Å². The minimum absolute atomic E-state index is 0.0412. The fraction of sp³-hybridized carbons (Fsp3) is 0.571. The summed E-state index contributed by atoms with van der Waals surface area (Å²) in [7, 11) is 1.73. The average Bonchev–Trinajstić information content (AvgIpc) is 3.11. The van der Waals surface area contributed by atoms with Crippen LogP contribution in [-0.4, -0.2) is 92.3 Å². The fourth-order valence-corrected chi connectivity index (χ4v) is 3.77. The Labute approximate surface area is 162 Å². The Morgan fingerprint density at radius 3 is 2.56 bits per heavy atom. The van der Waals surface area contributed by atoms with Crippen molar-refractivity contribution in [3.8, 4) is 0 Å². The Balaban J connectivity index is 1.41. The molecule has 0 aliphatic carbocycles. The first kappa shape index (κ1) is 19.9. The maximum atomic E-state index is 12.6. The number of likely N-dealkylation sites (N-methyl/N-ethyl adjacent to an activating group) is 1. The molecular formula is C21H32N4O2. The molecule has 6 heteroatoms. The number of methoxy groups -OCH3 is 1. The van der Waals surface area contributed by atoms with E-state index in [2.05, 4.69) is 58.5 Å². The summed E-state index contributed by atoms with van der Waals surface area (Å²) in [5.41, 5.74) is 1.22. The van der Waals surface area contributed by atoms with Crippen LogP contribution in [0.5, 0.6) is 0 Å². The smallest absolute Gasteiger partial charge is 0.317 e. The molecule has 1 N–H and O–H groups in total. The lowest BCUT2D eigenvalue weighted by atomic mass is 10.2. The number of benzene rings is 1. The highest BCUT2D eigenvalue weighted by Gasteiger charge is 2.34. The minimum atomic E-state index is 0.0412. The van der Waals surface area contributed by atoms with E-state index in [1.165, 1.54) is 5.56 Å². The molecule has 148 valence electrons. The molecule has 2 heterocycles. The standard InChI is InChI=1S/C21H32N4O2/c1-3-23-16-19(20(17-23)27-2)22-21(26)25-14-12-24(13-15-25)11-7-10-18-8-5-4-6-9-18/h4-10,19-20H,3,11-17H2,1-2H3,(H,22,26)/t19-,20-/m0/s1. The van der Waals surface area contributed by atoms with Gasteiger partial charge in [0.15, 0.2) is 0 Å². The average molecular weight is 373 g/mol. The predicted molar refractivity (Wildman–Crippen MR) is 109 cm³/mol. The molecule has 6 nitrogen and oxygen atoms in total. The number of hydrogen-bond donors (Lipinski definition) is 1. The molecular weight excluding hydrogens is 340 g/mol. The van der Waals surface area contributed by atoms with Gasteiger partial charge >= 0.3 is 6.03 Å². The zero-order valence-corrected chi connectivity index (χ0v) is 16.5. The third-order valence-electron chi connectivity index (χ3n) is 5.53. The number of carbonyl (C=O) groups excluding carboxylic acids is 1. The van der Waals surface area contributed by atoms with Gasteiger partial charge in [-0.1, -0.05) is 49.4 Å². The second-order valence-corrected chi connectivity index (χ2v) is 7.28. The quantitative estimate of drug-likeness (QED) is 0.827. The first-order valence-electron chi connectivity index (χ1n) is 9.94. The van der Waals surface area contributed by atoms with Crippen molar-refractivity contribution in [3.05, 3.63) is 42.0 Å². The van der Waals surface area contributed by atoms with Crippen molar-refractivity contribution in [1.82, 2.24) is 20.0 Å². The molecule has 2 saturated heterocycles. The van der Waals surface area contributed by atoms with Gasteiger partial charge in [0, 0.05) is 52.9 Å². The van der Waals surface area contributed by atoms with Crippen molar-refractivity contribution in [2.75, 3.05) is 59.5 Å². The van der Waals surface area contributed by atoms with Crippen molar-refractivity contribution >= 4 is 12.1 Å². The number of piperazine rings is 1. The predicted octanol–water partition coefficient (Wildman–Crippen LogP) is 1.75. The first-order chi connectivity index (χ1) is 13.2. The van der Waals surface area contributed by atoms with Gasteiger partial charge in [-0.15, -0.1) is 0 Å². The molecule has 0 radical (unpaired) electrons. The number of amides is 2. The zero-order valence-electron chi connectivity index (χ0n) is 16.5. The van der Waals surface area contributed by atoms with E-state index in [0.29, 0.717) is 0 Å². The van der Waals surface area contributed by atoms with E-state index >= 15 is 0 Å². The molecule has 0 saturated carbocycles. The molecule has 2 aliphatic heterocycles. The van der Waals surface area contributed by atoms with Gasteiger partial charge in [0.25, 0.3) is 0 Å². The van der Waals surface area contributed by atoms with Crippen LogP contribution in [0.25, 0.3) is 6.08 Å². The van der Waals surface area contributed by atoms with E-state index in [1.54, 1.807) is 7.11 Å². The highest BCUT2D eigenvalue weighted by Crippen LogP contribution is 2.13. The van der Waals surface area contributed by atoms with Gasteiger partial charge in [-0.3, -0.25) is 9.80 Å². The zero-order chi connectivity index (χ0) is 19.1. The molecule has 3 rings (SSSR count). The number of nitrogens with one attached hydrogen (secondary N) is 1. The third kappa shape index (κ3) is 5.54. The monoisotopic (exact) mass is 372 g/mol. The SMILES string of the molecule is CCN1C[C@H](NC(=O)N2CCN(CC=Cc3ccccc3)CC2)[C@@H](OC)C1. The van der Waals surface area contributed by atoms with Crippen LogP contribution in [0.15, 0.2) is 36.4 Å². The van der Waals surface area contributed by atoms with E-state index < -0.39 is 0 Å². The van der Waals surface area contributed by atoms with Gasteiger partial charge in [0.2, 0.25) is 0 Å². The van der Waals surface area contributed by atoms with E-state index in [1.807, 2.05) is 11.0 Å². The summed E-state index contributed by atoms with van der Waals surface area (Å²) in [5, 5.41) is 3.18. The van der Waals surface area contributed by atoms with Gasteiger partial charge in [-0.05, 0) is 12.1 Å². The van der Waals surface area contributed by atoms with Gasteiger partial charge in [0.05, 0.1) is 12.1 Å². The highest BCUT2D eigenvalue weighted by molar-refractivity contribution is 5.74. The molecule has 2 atom stereocenters. The number of urea groups is 1. The van der Waals surface area contributed by atoms with Crippen LogP contribution in [0.3, 0.4) is 0 Å². The molecule has 2 fully saturated rings. The number of carbonyl (C=O) groups is 1. The summed E-state index contributed by atoms with van der Waals surface area (Å²) in [6.07, 6.45) is 4.44. The second kappa shape index (κ2) is 9.88. The molecule has 2 amide bonds. The normalized spacial score (nSPS) is 24.6. The lowest BCUT2D eigenvalue weighted by Crippen LogP contribution is -2.55. The molecule has 0 unspecified atom stereocenters. The number of likely N-dealkylation sites (tertiary alicyclic amines) is 1. The molecule has 0 bridgehead atoms. The van der Waals surface area contributed by atoms with E-state index in [9.17, 15) is 4.79 Å². The van der Waals surface area contributed by atoms with Crippen LogP contribution in [0.4, 0.5) is 4.79 Å². The lowest BCUT2D eigenvalue weighted by Gasteiger charge is -2.35. The topological polar surface area (TPSA) is 48.1 Å². The van der Waals surface area contributed by atoms with Crippen LogP contribution in [0.2, 0.25) is 0 Å². The molecule has 0 aromatic heterocycles. The number of ether oxygens (including phenoxy) is 1. The van der Waals surface area contributed by atoms with Crippen molar-refractivity contribution in [3.63, 3.8) is 0 Å². The largest absolute Gasteiger partial charge is 0.378 e. The summed E-state index contributed by atoms with van der Waals surface area (Å²) in [4.78, 5) is 19.3. The van der Waals surface area contributed by atoms with Crippen LogP contribution in [0, 0.1) is 0 Å². The summed E-state index contributed by atoms with van der Waals surface area (Å²) in [5.74, 6) is 0. The van der Waals surface area contributed by atoms with Crippen LogP contribution in [-0.2, 0) is 4.74 Å². The maximum absolute atomic E-state index is 12.6. The number of hydrogen-bond acceptors (Lipinski definition) is 4. The third-order valence-corrected chi connectivity index (χ3v) is 5.53. The number of rotatable bonds is 6. The Bertz CT molecular complexity index is 614. The summed E-state index contributed by atoms with van der Waals surface area (Å²) >= 11 is 0. The molecule has 0 spiro atoms. The Morgan fingerprint density at radius 1 is 1.15 bits per heavy atom. The van der Waals surface area contributed by atoms with Crippen molar-refractivity contribution < 1.29 is 9.53 Å². The fourth-order valence-electron chi connectivity index (χ4n) is 3.77. The second-order valence-electron chi connectivity index (χ2n) is 7.28. The summed E-state index contributed by atoms with van der Waals surface area (Å²) in [6, 6.07) is 10.5. The van der Waals surface area contributed by atoms with Gasteiger partial charge < -0.3 is 15.0 Å². The van der Waals surface area contributed by atoms with Crippen LogP contribution in [0.1, 0.15) is 12.5 Å². The molecule has 27 heavy (non-hydrogen) atoms. The van der Waals surface area contributed by atoms with Crippen LogP contribution < -0.4 is 5.32 Å². The van der Waals surface area contributed by atoms with E-state index in [4.69, 9.17) is 4.74 Å². The van der Waals surface area contributed by atoms with Gasteiger partial charge in [0.1, 0.15) is 0 Å². The lowest BCUT2D eigenvalue weighted by molar-refractivity contribution is 0.0872. The van der Waals surface area contributed by atoms with Crippen molar-refractivity contribution in [2.24, 2.45) is 0 Å². The van der Waals surface area contributed by atoms with Gasteiger partial charge in [-0.25, -0.2) is 4.79 Å². The summed E-state index contributed by atoms with van der Waals surface area (Å²) in [6.45, 7) is 9.16.